The van der Waals surface area contributed by atoms with Gasteiger partial charge in [0, 0.05) is 17.6 Å². The van der Waals surface area contributed by atoms with Gasteiger partial charge in [0.15, 0.2) is 5.82 Å². The van der Waals surface area contributed by atoms with Crippen LogP contribution in [0.25, 0.3) is 10.9 Å². The second-order valence-electron chi connectivity index (χ2n) is 6.70. The quantitative estimate of drug-likeness (QED) is 0.325. The van der Waals surface area contributed by atoms with Crippen molar-refractivity contribution in [2.75, 3.05) is 22.9 Å². The van der Waals surface area contributed by atoms with Crippen molar-refractivity contribution >= 4 is 33.8 Å². The van der Waals surface area contributed by atoms with Gasteiger partial charge in [-0.05, 0) is 48.7 Å². The van der Waals surface area contributed by atoms with Crippen molar-refractivity contribution in [1.29, 1.82) is 0 Å². The maximum Gasteiger partial charge on any atom is 0.253 e. The standard InChI is InChI=1S/C20H19N5O3/c1-10-7-12(9-14-15(10)24-25-20(14)21)23-17-16(18(27)19(17)28)22-6-5-11-3-2-4-13(26)8-11/h2-4,7-9,22-23,26H,5-6H2,1H3,(H3,21,24,25). The highest BCUT2D eigenvalue weighted by atomic mass is 16.3. The number of phenols is 1. The van der Waals surface area contributed by atoms with Gasteiger partial charge in [-0.3, -0.25) is 14.7 Å². The van der Waals surface area contributed by atoms with Crippen LogP contribution in [0, 0.1) is 6.92 Å². The van der Waals surface area contributed by atoms with Crippen LogP contribution in [0.2, 0.25) is 0 Å². The molecule has 1 heterocycles. The highest BCUT2D eigenvalue weighted by molar-refractivity contribution is 5.94. The first-order valence-electron chi connectivity index (χ1n) is 8.80. The molecule has 8 nitrogen and oxygen atoms in total. The third kappa shape index (κ3) is 3.05. The zero-order valence-corrected chi connectivity index (χ0v) is 15.2. The van der Waals surface area contributed by atoms with E-state index >= 15 is 0 Å². The Balaban J connectivity index is 1.52. The normalized spacial score (nSPS) is 11.2. The Labute approximate surface area is 159 Å². The molecular weight excluding hydrogens is 358 g/mol. The monoisotopic (exact) mass is 377 g/mol. The smallest absolute Gasteiger partial charge is 0.253 e. The Bertz CT molecular complexity index is 1250. The first kappa shape index (κ1) is 17.6. The molecule has 0 bridgehead atoms. The van der Waals surface area contributed by atoms with Crippen LogP contribution in [0.5, 0.6) is 5.75 Å². The van der Waals surface area contributed by atoms with Crippen LogP contribution >= 0.6 is 0 Å². The number of nitrogens with one attached hydrogen (secondary N) is 3. The molecule has 28 heavy (non-hydrogen) atoms. The predicted octanol–water partition coefficient (Wildman–Crippen LogP) is 2.15. The molecule has 0 aliphatic rings. The molecule has 0 amide bonds. The topological polar surface area (TPSA) is 133 Å². The van der Waals surface area contributed by atoms with Crippen molar-refractivity contribution in [2.45, 2.75) is 13.3 Å². The molecule has 0 aliphatic carbocycles. The fourth-order valence-corrected chi connectivity index (χ4v) is 3.25. The molecule has 0 aliphatic heterocycles. The predicted molar refractivity (Wildman–Crippen MR) is 110 cm³/mol. The van der Waals surface area contributed by atoms with E-state index in [-0.39, 0.29) is 17.1 Å². The second-order valence-corrected chi connectivity index (χ2v) is 6.70. The molecule has 142 valence electrons. The summed E-state index contributed by atoms with van der Waals surface area (Å²) in [5.41, 5.74) is 8.60. The molecule has 8 heteroatoms. The average molecular weight is 377 g/mol. The lowest BCUT2D eigenvalue weighted by molar-refractivity contribution is 0.474. The van der Waals surface area contributed by atoms with Gasteiger partial charge in [-0.25, -0.2) is 0 Å². The fraction of sp³-hybridized carbons (Fsp3) is 0.150. The molecule has 0 spiro atoms. The molecule has 0 saturated heterocycles. The first-order valence-corrected chi connectivity index (χ1v) is 8.80. The number of hydrogen-bond donors (Lipinski definition) is 5. The molecule has 6 N–H and O–H groups in total. The van der Waals surface area contributed by atoms with E-state index in [1.807, 2.05) is 19.1 Å². The third-order valence-electron chi connectivity index (χ3n) is 4.71. The van der Waals surface area contributed by atoms with Crippen LogP contribution < -0.4 is 27.2 Å². The SMILES string of the molecule is Cc1cc(Nc2c(NCCc3cccc(O)c3)c(=O)c2=O)cc2c(N)n[nH]c12. The molecule has 4 aromatic rings. The summed E-state index contributed by atoms with van der Waals surface area (Å²) in [5.74, 6) is 0.564. The summed E-state index contributed by atoms with van der Waals surface area (Å²) in [7, 11) is 0. The maximum absolute atomic E-state index is 12.0. The Morgan fingerprint density at radius 1 is 1.14 bits per heavy atom. The Morgan fingerprint density at radius 2 is 1.93 bits per heavy atom. The highest BCUT2D eigenvalue weighted by Crippen LogP contribution is 2.28. The van der Waals surface area contributed by atoms with Gasteiger partial charge in [0.1, 0.15) is 17.1 Å². The Hall–Kier alpha value is -3.81. The van der Waals surface area contributed by atoms with Gasteiger partial charge in [-0.1, -0.05) is 12.1 Å². The maximum atomic E-state index is 12.0. The minimum atomic E-state index is -0.558. The lowest BCUT2D eigenvalue weighted by Gasteiger charge is -2.15. The number of nitrogens with zero attached hydrogens (tertiary/aromatic N) is 1. The number of aromatic nitrogens is 2. The van der Waals surface area contributed by atoms with Crippen molar-refractivity contribution in [2.24, 2.45) is 0 Å². The van der Waals surface area contributed by atoms with Crippen molar-refractivity contribution in [1.82, 2.24) is 10.2 Å². The number of aryl methyl sites for hydroxylation is 1. The zero-order chi connectivity index (χ0) is 19.8. The largest absolute Gasteiger partial charge is 0.508 e. The van der Waals surface area contributed by atoms with E-state index in [1.165, 1.54) is 0 Å². The fourth-order valence-electron chi connectivity index (χ4n) is 3.25. The molecular formula is C20H19N5O3. The number of rotatable bonds is 6. The molecule has 0 fully saturated rings. The first-order chi connectivity index (χ1) is 13.4. The van der Waals surface area contributed by atoms with E-state index in [1.54, 1.807) is 24.3 Å². The number of benzene rings is 2. The van der Waals surface area contributed by atoms with Gasteiger partial charge in [-0.15, -0.1) is 0 Å². The molecule has 1 aromatic heterocycles. The van der Waals surface area contributed by atoms with E-state index in [4.69, 9.17) is 5.73 Å². The van der Waals surface area contributed by atoms with Gasteiger partial charge in [0.25, 0.3) is 10.9 Å². The van der Waals surface area contributed by atoms with Crippen LogP contribution in [0.15, 0.2) is 46.0 Å². The van der Waals surface area contributed by atoms with Crippen molar-refractivity contribution in [3.05, 3.63) is 68.0 Å². The van der Waals surface area contributed by atoms with E-state index in [2.05, 4.69) is 20.8 Å². The number of nitrogen functional groups attached to an aromatic ring is 1. The minimum Gasteiger partial charge on any atom is -0.508 e. The summed E-state index contributed by atoms with van der Waals surface area (Å²) in [6, 6.07) is 10.5. The number of aromatic hydroxyl groups is 1. The number of hydrogen-bond acceptors (Lipinski definition) is 7. The van der Waals surface area contributed by atoms with Crippen LogP contribution in [-0.4, -0.2) is 21.8 Å². The molecule has 4 rings (SSSR count). The van der Waals surface area contributed by atoms with Gasteiger partial charge in [0.05, 0.1) is 5.52 Å². The summed E-state index contributed by atoms with van der Waals surface area (Å²) < 4.78 is 0. The summed E-state index contributed by atoms with van der Waals surface area (Å²) in [6.45, 7) is 2.36. The van der Waals surface area contributed by atoms with Gasteiger partial charge in [0.2, 0.25) is 0 Å². The number of anilines is 4. The van der Waals surface area contributed by atoms with Crippen LogP contribution in [-0.2, 0) is 6.42 Å². The molecule has 0 unspecified atom stereocenters. The van der Waals surface area contributed by atoms with E-state index in [0.29, 0.717) is 24.5 Å². The van der Waals surface area contributed by atoms with E-state index < -0.39 is 10.9 Å². The molecule has 3 aromatic carbocycles. The van der Waals surface area contributed by atoms with Crippen LogP contribution in [0.1, 0.15) is 11.1 Å². The lowest BCUT2D eigenvalue weighted by Crippen LogP contribution is -2.37. The summed E-state index contributed by atoms with van der Waals surface area (Å²) in [5, 5.41) is 23.2. The van der Waals surface area contributed by atoms with Gasteiger partial charge in [-0.2, -0.15) is 5.10 Å². The highest BCUT2D eigenvalue weighted by Gasteiger charge is 2.21. The van der Waals surface area contributed by atoms with Crippen LogP contribution in [0.4, 0.5) is 22.9 Å². The Kier molecular flexibility index (Phi) is 4.23. The zero-order valence-electron chi connectivity index (χ0n) is 15.2. The van der Waals surface area contributed by atoms with Crippen molar-refractivity contribution in [3.8, 4) is 5.75 Å². The number of phenolic OH excluding ortho intramolecular Hbond substituents is 1. The second kappa shape index (κ2) is 6.73. The third-order valence-corrected chi connectivity index (χ3v) is 4.71. The van der Waals surface area contributed by atoms with Crippen molar-refractivity contribution in [3.63, 3.8) is 0 Å². The summed E-state index contributed by atoms with van der Waals surface area (Å²) in [4.78, 5) is 24.0. The van der Waals surface area contributed by atoms with Crippen LogP contribution in [0.3, 0.4) is 0 Å². The summed E-state index contributed by atoms with van der Waals surface area (Å²) >= 11 is 0. The van der Waals surface area contributed by atoms with E-state index in [0.717, 1.165) is 22.0 Å². The molecule has 0 atom stereocenters. The minimum absolute atomic E-state index is 0.193. The Morgan fingerprint density at radius 3 is 2.71 bits per heavy atom. The molecule has 0 radical (unpaired) electrons. The van der Waals surface area contributed by atoms with E-state index in [9.17, 15) is 14.7 Å². The molecule has 0 saturated carbocycles. The number of aromatic amines is 1. The number of fused-ring (bicyclic) bond motifs is 1. The van der Waals surface area contributed by atoms with Crippen molar-refractivity contribution < 1.29 is 5.11 Å². The number of H-pyrrole nitrogens is 1. The van der Waals surface area contributed by atoms with Gasteiger partial charge < -0.3 is 21.5 Å². The average Bonchev–Trinajstić information content (AvgIpc) is 3.05. The van der Waals surface area contributed by atoms with Gasteiger partial charge >= 0.3 is 0 Å². The lowest BCUT2D eigenvalue weighted by atomic mass is 10.1. The number of nitrogens with two attached hydrogens (primary N) is 1. The summed E-state index contributed by atoms with van der Waals surface area (Å²) in [6.07, 6.45) is 0.600.